The van der Waals surface area contributed by atoms with Gasteiger partial charge in [0, 0.05) is 23.9 Å². The molecule has 69 valence electrons. The minimum Gasteiger partial charge on any atom is -0.497 e. The standard InChI is InChI=1S/C9H10NO3/c1-12-8-3-7(10-6-11)4-9(5-8)13-2/h3-5H,1-2H3,(H,10,11). The van der Waals surface area contributed by atoms with E-state index < -0.39 is 0 Å². The van der Waals surface area contributed by atoms with E-state index in [2.05, 4.69) is 5.32 Å². The van der Waals surface area contributed by atoms with Gasteiger partial charge in [0.2, 0.25) is 0 Å². The predicted molar refractivity (Wildman–Crippen MR) is 48.9 cm³/mol. The lowest BCUT2D eigenvalue weighted by atomic mass is 10.3. The third kappa shape index (κ3) is 2.37. The van der Waals surface area contributed by atoms with E-state index in [1.54, 1.807) is 38.8 Å². The Balaban J connectivity index is 2.99. The first-order valence-corrected chi connectivity index (χ1v) is 3.66. The summed E-state index contributed by atoms with van der Waals surface area (Å²) in [6.45, 7) is 0. The number of hydrogen-bond donors (Lipinski definition) is 1. The second kappa shape index (κ2) is 4.35. The van der Waals surface area contributed by atoms with Gasteiger partial charge >= 0.3 is 6.41 Å². The molecule has 0 saturated heterocycles. The van der Waals surface area contributed by atoms with Gasteiger partial charge in [-0.2, -0.15) is 0 Å². The van der Waals surface area contributed by atoms with Crippen LogP contribution >= 0.6 is 0 Å². The van der Waals surface area contributed by atoms with E-state index in [-0.39, 0.29) is 0 Å². The Morgan fingerprint density at radius 2 is 1.69 bits per heavy atom. The van der Waals surface area contributed by atoms with E-state index in [1.807, 2.05) is 0 Å². The zero-order chi connectivity index (χ0) is 9.68. The van der Waals surface area contributed by atoms with Gasteiger partial charge in [-0.05, 0) is 0 Å². The van der Waals surface area contributed by atoms with Crippen molar-refractivity contribution in [1.82, 2.24) is 0 Å². The van der Waals surface area contributed by atoms with E-state index in [0.29, 0.717) is 17.2 Å². The van der Waals surface area contributed by atoms with E-state index in [1.165, 1.54) is 0 Å². The summed E-state index contributed by atoms with van der Waals surface area (Å²) in [6, 6.07) is 5.07. The van der Waals surface area contributed by atoms with Crippen molar-refractivity contribution >= 4 is 12.1 Å². The van der Waals surface area contributed by atoms with Gasteiger partial charge in [0.05, 0.1) is 14.2 Å². The molecule has 4 nitrogen and oxygen atoms in total. The van der Waals surface area contributed by atoms with Crippen molar-refractivity contribution in [3.63, 3.8) is 0 Å². The molecule has 0 aliphatic heterocycles. The smallest absolute Gasteiger partial charge is 0.314 e. The lowest BCUT2D eigenvalue weighted by Crippen LogP contribution is -1.95. The molecule has 1 N–H and O–H groups in total. The molecule has 0 bridgehead atoms. The van der Waals surface area contributed by atoms with Crippen molar-refractivity contribution < 1.29 is 14.3 Å². The van der Waals surface area contributed by atoms with Gasteiger partial charge in [-0.25, -0.2) is 0 Å². The molecule has 1 aromatic carbocycles. The Morgan fingerprint density at radius 1 is 1.15 bits per heavy atom. The average molecular weight is 180 g/mol. The van der Waals surface area contributed by atoms with E-state index in [4.69, 9.17) is 9.47 Å². The Hall–Kier alpha value is -1.71. The zero-order valence-electron chi connectivity index (χ0n) is 7.46. The number of rotatable bonds is 4. The van der Waals surface area contributed by atoms with Crippen LogP contribution < -0.4 is 14.8 Å². The highest BCUT2D eigenvalue weighted by atomic mass is 16.5. The van der Waals surface area contributed by atoms with Crippen LogP contribution in [0.2, 0.25) is 0 Å². The van der Waals surface area contributed by atoms with Crippen LogP contribution in [0.4, 0.5) is 5.69 Å². The molecule has 0 saturated carbocycles. The molecule has 0 fully saturated rings. The first kappa shape index (κ1) is 9.38. The van der Waals surface area contributed by atoms with Crippen LogP contribution in [-0.4, -0.2) is 20.6 Å². The van der Waals surface area contributed by atoms with Crippen molar-refractivity contribution in [3.05, 3.63) is 18.2 Å². The fraction of sp³-hybridized carbons (Fsp3) is 0.222. The fourth-order valence-corrected chi connectivity index (χ4v) is 0.939. The fourth-order valence-electron chi connectivity index (χ4n) is 0.939. The molecule has 0 aliphatic rings. The largest absolute Gasteiger partial charge is 0.497 e. The number of methoxy groups -OCH3 is 2. The third-order valence-electron chi connectivity index (χ3n) is 1.55. The zero-order valence-corrected chi connectivity index (χ0v) is 7.46. The molecule has 0 heterocycles. The molecule has 0 aromatic heterocycles. The van der Waals surface area contributed by atoms with Crippen LogP contribution in [-0.2, 0) is 4.79 Å². The highest BCUT2D eigenvalue weighted by molar-refractivity contribution is 5.73. The summed E-state index contributed by atoms with van der Waals surface area (Å²) in [6.07, 6.45) is 1.58. The summed E-state index contributed by atoms with van der Waals surface area (Å²) in [7, 11) is 3.09. The van der Waals surface area contributed by atoms with E-state index in [0.717, 1.165) is 0 Å². The maximum absolute atomic E-state index is 10.1. The van der Waals surface area contributed by atoms with E-state index in [9.17, 15) is 4.79 Å². The van der Waals surface area contributed by atoms with Gasteiger partial charge in [0.25, 0.3) is 0 Å². The summed E-state index contributed by atoms with van der Waals surface area (Å²) in [5.41, 5.74) is 0.589. The molecule has 0 unspecified atom stereocenters. The first-order valence-electron chi connectivity index (χ1n) is 3.66. The number of nitrogens with one attached hydrogen (secondary N) is 1. The summed E-state index contributed by atoms with van der Waals surface area (Å²) < 4.78 is 9.99. The topological polar surface area (TPSA) is 47.6 Å². The van der Waals surface area contributed by atoms with Gasteiger partial charge in [-0.1, -0.05) is 0 Å². The van der Waals surface area contributed by atoms with Gasteiger partial charge in [0.1, 0.15) is 11.5 Å². The van der Waals surface area contributed by atoms with Crippen molar-refractivity contribution in [2.24, 2.45) is 0 Å². The number of benzene rings is 1. The summed E-state index contributed by atoms with van der Waals surface area (Å²) >= 11 is 0. The van der Waals surface area contributed by atoms with Crippen LogP contribution in [0.1, 0.15) is 0 Å². The Labute approximate surface area is 76.5 Å². The normalized spacial score (nSPS) is 9.08. The average Bonchev–Trinajstić information content (AvgIpc) is 2.17. The van der Waals surface area contributed by atoms with Gasteiger partial charge in [-0.15, -0.1) is 0 Å². The van der Waals surface area contributed by atoms with Crippen LogP contribution in [0.3, 0.4) is 0 Å². The molecule has 4 heteroatoms. The molecule has 13 heavy (non-hydrogen) atoms. The molecular formula is C9H10NO3. The summed E-state index contributed by atoms with van der Waals surface area (Å²) in [4.78, 5) is 10.1. The Morgan fingerprint density at radius 3 is 2.08 bits per heavy atom. The number of ether oxygens (including phenoxy) is 2. The number of amides is 1. The van der Waals surface area contributed by atoms with Crippen molar-refractivity contribution in [3.8, 4) is 11.5 Å². The molecule has 0 aliphatic carbocycles. The highest BCUT2D eigenvalue weighted by Gasteiger charge is 2.00. The molecule has 0 spiro atoms. The summed E-state index contributed by atoms with van der Waals surface area (Å²) in [5, 5.41) is 2.39. The van der Waals surface area contributed by atoms with Crippen LogP contribution in [0.25, 0.3) is 0 Å². The van der Waals surface area contributed by atoms with Crippen molar-refractivity contribution in [2.75, 3.05) is 19.5 Å². The quantitative estimate of drug-likeness (QED) is 0.708. The third-order valence-corrected chi connectivity index (χ3v) is 1.55. The molecule has 1 radical (unpaired) electrons. The molecule has 1 rings (SSSR count). The van der Waals surface area contributed by atoms with Crippen LogP contribution in [0, 0.1) is 0 Å². The van der Waals surface area contributed by atoms with Crippen LogP contribution in [0.5, 0.6) is 11.5 Å². The van der Waals surface area contributed by atoms with Crippen molar-refractivity contribution in [2.45, 2.75) is 0 Å². The summed E-state index contributed by atoms with van der Waals surface area (Å²) in [5.74, 6) is 1.24. The lowest BCUT2D eigenvalue weighted by molar-refractivity contribution is 0.395. The van der Waals surface area contributed by atoms with Crippen LogP contribution in [0.15, 0.2) is 18.2 Å². The molecule has 1 amide bonds. The number of anilines is 1. The van der Waals surface area contributed by atoms with Gasteiger partial charge in [-0.3, -0.25) is 4.79 Å². The Bertz CT molecular complexity index is 277. The minimum atomic E-state index is 0.589. The van der Waals surface area contributed by atoms with Gasteiger partial charge in [0.15, 0.2) is 0 Å². The monoisotopic (exact) mass is 180 g/mol. The number of hydrogen-bond acceptors (Lipinski definition) is 3. The van der Waals surface area contributed by atoms with E-state index >= 15 is 0 Å². The molecule has 0 atom stereocenters. The maximum atomic E-state index is 10.1. The molecular weight excluding hydrogens is 170 g/mol. The minimum absolute atomic E-state index is 0.589. The van der Waals surface area contributed by atoms with Crippen molar-refractivity contribution in [1.29, 1.82) is 0 Å². The maximum Gasteiger partial charge on any atom is 0.314 e. The Kier molecular flexibility index (Phi) is 3.14. The SMILES string of the molecule is COc1cc(N[C]=O)cc(OC)c1. The second-order valence-electron chi connectivity index (χ2n) is 2.33. The van der Waals surface area contributed by atoms with Gasteiger partial charge < -0.3 is 14.8 Å². The lowest BCUT2D eigenvalue weighted by Gasteiger charge is -2.06. The second-order valence-corrected chi connectivity index (χ2v) is 2.33. The molecule has 1 aromatic rings. The predicted octanol–water partition coefficient (Wildman–Crippen LogP) is 1.18. The number of carbonyl (C=O) groups excluding carboxylic acids is 1. The highest BCUT2D eigenvalue weighted by Crippen LogP contribution is 2.25. The first-order chi connectivity index (χ1) is 6.30.